The maximum Gasteiger partial charge on any atom is 0.435 e. The average molecular weight is 480 g/mol. The summed E-state index contributed by atoms with van der Waals surface area (Å²) in [4.78, 5) is 13.1. The van der Waals surface area contributed by atoms with Crippen molar-refractivity contribution in [2.45, 2.75) is 18.8 Å². The van der Waals surface area contributed by atoms with Gasteiger partial charge in [0, 0.05) is 25.4 Å². The highest BCUT2D eigenvalue weighted by atomic mass is 19.4. The molecule has 0 radical (unpaired) electrons. The van der Waals surface area contributed by atoms with E-state index >= 15 is 0 Å². The highest BCUT2D eigenvalue weighted by Gasteiger charge is 2.36. The van der Waals surface area contributed by atoms with Gasteiger partial charge in [0.2, 0.25) is 0 Å². The van der Waals surface area contributed by atoms with Crippen LogP contribution < -0.4 is 11.1 Å². The van der Waals surface area contributed by atoms with E-state index in [1.807, 2.05) is 36.4 Å². The third-order valence-electron chi connectivity index (χ3n) is 5.41. The smallest absolute Gasteiger partial charge is 0.372 e. The van der Waals surface area contributed by atoms with Gasteiger partial charge in [0.15, 0.2) is 5.69 Å². The molecule has 1 amide bonds. The summed E-state index contributed by atoms with van der Waals surface area (Å²) in [6.07, 6.45) is -5.10. The number of carbonyl (C=O) groups excluding carboxylic acids is 1. The van der Waals surface area contributed by atoms with Crippen LogP contribution in [0.2, 0.25) is 0 Å². The fraction of sp³-hybridized carbons (Fsp3) is 0.154. The first-order valence-electron chi connectivity index (χ1n) is 10.8. The second kappa shape index (κ2) is 10.1. The number of nitrogens with zero attached hydrogens (tertiary/aromatic N) is 2. The van der Waals surface area contributed by atoms with Gasteiger partial charge in [0.1, 0.15) is 11.8 Å². The Morgan fingerprint density at radius 1 is 1.00 bits per heavy atom. The second-order valence-electron chi connectivity index (χ2n) is 7.80. The van der Waals surface area contributed by atoms with Crippen molar-refractivity contribution in [1.82, 2.24) is 9.78 Å². The van der Waals surface area contributed by atoms with Gasteiger partial charge in [-0.25, -0.2) is 4.68 Å². The van der Waals surface area contributed by atoms with Crippen LogP contribution in [-0.2, 0) is 17.5 Å². The van der Waals surface area contributed by atoms with Gasteiger partial charge < -0.3 is 15.8 Å². The quantitative estimate of drug-likeness (QED) is 0.374. The van der Waals surface area contributed by atoms with Crippen LogP contribution >= 0.6 is 0 Å². The summed E-state index contributed by atoms with van der Waals surface area (Å²) >= 11 is 0. The fourth-order valence-electron chi connectivity index (χ4n) is 3.76. The molecule has 0 bridgehead atoms. The number of methoxy groups -OCH3 is 1. The Morgan fingerprint density at radius 2 is 1.71 bits per heavy atom. The summed E-state index contributed by atoms with van der Waals surface area (Å²) in [5.41, 5.74) is 7.33. The number of nitrogens with one attached hydrogen (secondary N) is 1. The molecule has 1 aromatic heterocycles. The molecule has 1 heterocycles. The van der Waals surface area contributed by atoms with Gasteiger partial charge in [-0.05, 0) is 41.0 Å². The Morgan fingerprint density at radius 3 is 2.40 bits per heavy atom. The molecule has 6 nitrogen and oxygen atoms in total. The molecule has 0 aliphatic carbocycles. The molecule has 35 heavy (non-hydrogen) atoms. The predicted molar refractivity (Wildman–Crippen MR) is 126 cm³/mol. The Balaban J connectivity index is 1.67. The number of carbonyl (C=O) groups is 1. The van der Waals surface area contributed by atoms with Crippen molar-refractivity contribution in [2.24, 2.45) is 5.73 Å². The average Bonchev–Trinajstić information content (AvgIpc) is 3.32. The largest absolute Gasteiger partial charge is 0.435 e. The third kappa shape index (κ3) is 5.42. The number of hydrogen-bond donors (Lipinski definition) is 2. The first kappa shape index (κ1) is 24.2. The fourth-order valence-corrected chi connectivity index (χ4v) is 3.76. The van der Waals surface area contributed by atoms with Gasteiger partial charge in [0.05, 0.1) is 5.69 Å². The first-order chi connectivity index (χ1) is 16.8. The van der Waals surface area contributed by atoms with E-state index in [2.05, 4.69) is 10.4 Å². The van der Waals surface area contributed by atoms with Gasteiger partial charge in [0.25, 0.3) is 5.91 Å². The number of amides is 1. The van der Waals surface area contributed by atoms with Crippen molar-refractivity contribution in [2.75, 3.05) is 12.4 Å². The molecule has 0 spiro atoms. The van der Waals surface area contributed by atoms with Crippen LogP contribution in [0, 0.1) is 0 Å². The molecule has 0 aliphatic rings. The molecule has 3 aromatic carbocycles. The van der Waals surface area contributed by atoms with Crippen LogP contribution in [0.1, 0.15) is 39.0 Å². The topological polar surface area (TPSA) is 82.2 Å². The lowest BCUT2D eigenvalue weighted by Gasteiger charge is -2.17. The van der Waals surface area contributed by atoms with E-state index < -0.39 is 17.8 Å². The van der Waals surface area contributed by atoms with Gasteiger partial charge in [-0.3, -0.25) is 4.79 Å². The molecule has 4 aromatic rings. The molecule has 3 N–H and O–H groups in total. The summed E-state index contributed by atoms with van der Waals surface area (Å²) in [6, 6.07) is 23.8. The normalized spacial score (nSPS) is 12.4. The molecule has 1 atom stereocenters. The summed E-state index contributed by atoms with van der Waals surface area (Å²) in [7, 11) is 1.58. The highest BCUT2D eigenvalue weighted by Crippen LogP contribution is 2.31. The van der Waals surface area contributed by atoms with Crippen molar-refractivity contribution >= 4 is 11.6 Å². The van der Waals surface area contributed by atoms with Crippen molar-refractivity contribution < 1.29 is 22.7 Å². The Labute approximate surface area is 200 Å². The summed E-state index contributed by atoms with van der Waals surface area (Å²) in [5, 5.41) is 6.34. The van der Waals surface area contributed by atoms with Crippen LogP contribution in [0.15, 0.2) is 84.9 Å². The number of rotatable bonds is 7. The van der Waals surface area contributed by atoms with Crippen LogP contribution in [0.4, 0.5) is 18.9 Å². The number of hydrogen-bond acceptors (Lipinski definition) is 4. The molecule has 180 valence electrons. The van der Waals surface area contributed by atoms with Gasteiger partial charge in [-0.1, -0.05) is 54.6 Å². The van der Waals surface area contributed by atoms with Gasteiger partial charge >= 0.3 is 6.18 Å². The molecule has 9 heteroatoms. The van der Waals surface area contributed by atoms with Crippen LogP contribution in [0.25, 0.3) is 5.69 Å². The second-order valence-corrected chi connectivity index (χ2v) is 7.80. The summed E-state index contributed by atoms with van der Waals surface area (Å²) in [5.74, 6) is -0.739. The van der Waals surface area contributed by atoms with Gasteiger partial charge in [-0.2, -0.15) is 18.3 Å². The van der Waals surface area contributed by atoms with Crippen LogP contribution in [-0.4, -0.2) is 22.8 Å². The number of aromatic nitrogens is 2. The van der Waals surface area contributed by atoms with E-state index in [0.29, 0.717) is 16.9 Å². The van der Waals surface area contributed by atoms with E-state index in [0.717, 1.165) is 21.9 Å². The molecule has 1 unspecified atom stereocenters. The van der Waals surface area contributed by atoms with E-state index in [9.17, 15) is 18.0 Å². The van der Waals surface area contributed by atoms with E-state index in [-0.39, 0.29) is 18.3 Å². The molecular formula is C26H23F3N4O2. The number of alkyl halides is 3. The lowest BCUT2D eigenvalue weighted by molar-refractivity contribution is -0.141. The molecule has 0 saturated heterocycles. The monoisotopic (exact) mass is 480 g/mol. The zero-order valence-electron chi connectivity index (χ0n) is 18.8. The molecule has 0 fully saturated rings. The standard InChI is InChI=1S/C26H23F3N4O2/c1-35-24(18-8-3-2-4-9-18)19-10-6-11-20(14-19)31-25(34)22-15-23(26(27,28)29)32-33(22)21-12-5-7-17(13-21)16-30/h2-15,24H,16,30H2,1H3,(H,31,34). The molecular weight excluding hydrogens is 457 g/mol. The predicted octanol–water partition coefficient (Wildman–Crippen LogP) is 5.34. The van der Waals surface area contributed by atoms with Crippen LogP contribution in [0.5, 0.6) is 0 Å². The molecule has 4 rings (SSSR count). The maximum absolute atomic E-state index is 13.4. The van der Waals surface area contributed by atoms with E-state index in [4.69, 9.17) is 10.5 Å². The van der Waals surface area contributed by atoms with E-state index in [1.54, 1.807) is 49.6 Å². The maximum atomic E-state index is 13.4. The summed E-state index contributed by atoms with van der Waals surface area (Å²) < 4.78 is 46.9. The Kier molecular flexibility index (Phi) is 6.99. The lowest BCUT2D eigenvalue weighted by Crippen LogP contribution is -2.17. The van der Waals surface area contributed by atoms with Crippen molar-refractivity contribution in [1.29, 1.82) is 0 Å². The first-order valence-corrected chi connectivity index (χ1v) is 10.8. The van der Waals surface area contributed by atoms with Crippen LogP contribution in [0.3, 0.4) is 0 Å². The number of anilines is 1. The minimum absolute atomic E-state index is 0.192. The Hall–Kier alpha value is -3.95. The zero-order chi connectivity index (χ0) is 25.0. The third-order valence-corrected chi connectivity index (χ3v) is 5.41. The SMILES string of the molecule is COC(c1ccccc1)c1cccc(NC(=O)c2cc(C(F)(F)F)nn2-c2cccc(CN)c2)c1. The Bertz CT molecular complexity index is 1320. The van der Waals surface area contributed by atoms with Crippen molar-refractivity contribution in [3.8, 4) is 5.69 Å². The van der Waals surface area contributed by atoms with Crippen molar-refractivity contribution in [3.63, 3.8) is 0 Å². The highest BCUT2D eigenvalue weighted by molar-refractivity contribution is 6.03. The minimum Gasteiger partial charge on any atom is -0.372 e. The van der Waals surface area contributed by atoms with Gasteiger partial charge in [-0.15, -0.1) is 0 Å². The zero-order valence-corrected chi connectivity index (χ0v) is 18.8. The number of halogens is 3. The summed E-state index contributed by atoms with van der Waals surface area (Å²) in [6.45, 7) is 0.192. The number of ether oxygens (including phenoxy) is 1. The number of nitrogens with two attached hydrogens (primary N) is 1. The molecule has 0 aliphatic heterocycles. The van der Waals surface area contributed by atoms with Crippen molar-refractivity contribution in [3.05, 3.63) is 113 Å². The number of benzene rings is 3. The lowest BCUT2D eigenvalue weighted by atomic mass is 10.0. The molecule has 0 saturated carbocycles. The minimum atomic E-state index is -4.72. The van der Waals surface area contributed by atoms with E-state index in [1.165, 1.54) is 0 Å².